The molecule has 0 saturated heterocycles. The van der Waals surface area contributed by atoms with Crippen LogP contribution in [0.1, 0.15) is 40.4 Å². The normalized spacial score (nSPS) is 13.0. The molecule has 3 rings (SSSR count). The molecule has 0 aliphatic heterocycles. The summed E-state index contributed by atoms with van der Waals surface area (Å²) in [6.07, 6.45) is 0. The quantitative estimate of drug-likeness (QED) is 0.761. The first-order valence-electron chi connectivity index (χ1n) is 7.21. The molecule has 0 fully saturated rings. The van der Waals surface area contributed by atoms with Crippen molar-refractivity contribution in [3.05, 3.63) is 51.7 Å². The van der Waals surface area contributed by atoms with Gasteiger partial charge >= 0.3 is 0 Å². The number of aromatic nitrogens is 1. The van der Waals surface area contributed by atoms with Crippen LogP contribution in [0.5, 0.6) is 0 Å². The van der Waals surface area contributed by atoms with Crippen LogP contribution in [-0.4, -0.2) is 5.16 Å². The lowest BCUT2D eigenvalue weighted by Crippen LogP contribution is -2.18. The molecule has 1 unspecified atom stereocenters. The second kappa shape index (κ2) is 5.62. The third-order valence-corrected chi connectivity index (χ3v) is 5.50. The smallest absolute Gasteiger partial charge is 0.138 e. The van der Waals surface area contributed by atoms with E-state index in [1.807, 2.05) is 25.2 Å². The van der Waals surface area contributed by atoms with Crippen molar-refractivity contribution in [3.63, 3.8) is 0 Å². The fourth-order valence-corrected chi connectivity index (χ4v) is 3.95. The minimum Gasteiger partial charge on any atom is -0.361 e. The van der Waals surface area contributed by atoms with Crippen LogP contribution in [-0.2, 0) is 6.54 Å². The summed E-state index contributed by atoms with van der Waals surface area (Å²) in [6.45, 7) is 9.17. The van der Waals surface area contributed by atoms with Gasteiger partial charge in [-0.25, -0.2) is 0 Å². The SMILES string of the molecule is Cc1noc(C)c1CNC(C)c1sc2ccccc2c1C. The molecule has 0 saturated carbocycles. The summed E-state index contributed by atoms with van der Waals surface area (Å²) < 4.78 is 6.58. The van der Waals surface area contributed by atoms with Crippen LogP contribution in [0.25, 0.3) is 10.1 Å². The Morgan fingerprint density at radius 1 is 1.24 bits per heavy atom. The van der Waals surface area contributed by atoms with Crippen LogP contribution in [0.4, 0.5) is 0 Å². The highest BCUT2D eigenvalue weighted by Gasteiger charge is 2.15. The van der Waals surface area contributed by atoms with E-state index in [9.17, 15) is 0 Å². The van der Waals surface area contributed by atoms with Gasteiger partial charge in [-0.3, -0.25) is 0 Å². The largest absolute Gasteiger partial charge is 0.361 e. The van der Waals surface area contributed by atoms with Crippen molar-refractivity contribution in [1.82, 2.24) is 10.5 Å². The molecule has 1 N–H and O–H groups in total. The van der Waals surface area contributed by atoms with Crippen molar-refractivity contribution in [2.24, 2.45) is 0 Å². The van der Waals surface area contributed by atoms with Crippen molar-refractivity contribution < 1.29 is 4.52 Å². The molecular weight excluding hydrogens is 280 g/mol. The van der Waals surface area contributed by atoms with Crippen LogP contribution in [0.15, 0.2) is 28.8 Å². The number of benzene rings is 1. The van der Waals surface area contributed by atoms with Gasteiger partial charge in [-0.15, -0.1) is 11.3 Å². The molecule has 110 valence electrons. The fourth-order valence-electron chi connectivity index (χ4n) is 2.71. The Bertz CT molecular complexity index is 753. The van der Waals surface area contributed by atoms with Crippen molar-refractivity contribution >= 4 is 21.4 Å². The van der Waals surface area contributed by atoms with E-state index in [4.69, 9.17) is 4.52 Å². The van der Waals surface area contributed by atoms with Gasteiger partial charge in [0, 0.05) is 27.7 Å². The predicted molar refractivity (Wildman–Crippen MR) is 87.8 cm³/mol. The maximum atomic E-state index is 5.22. The number of hydrogen-bond donors (Lipinski definition) is 1. The van der Waals surface area contributed by atoms with Gasteiger partial charge in [0.2, 0.25) is 0 Å². The molecule has 1 atom stereocenters. The molecule has 0 spiro atoms. The summed E-state index contributed by atoms with van der Waals surface area (Å²) in [7, 11) is 0. The first-order valence-corrected chi connectivity index (χ1v) is 8.02. The van der Waals surface area contributed by atoms with E-state index in [0.717, 1.165) is 18.0 Å². The molecule has 1 aromatic carbocycles. The van der Waals surface area contributed by atoms with E-state index >= 15 is 0 Å². The minimum atomic E-state index is 0.316. The molecule has 0 radical (unpaired) electrons. The van der Waals surface area contributed by atoms with E-state index in [2.05, 4.69) is 48.6 Å². The number of nitrogens with zero attached hydrogens (tertiary/aromatic N) is 1. The summed E-state index contributed by atoms with van der Waals surface area (Å²) >= 11 is 1.88. The van der Waals surface area contributed by atoms with Gasteiger partial charge in [0.25, 0.3) is 0 Å². The molecule has 4 heteroatoms. The lowest BCUT2D eigenvalue weighted by Gasteiger charge is -2.13. The number of aryl methyl sites for hydroxylation is 3. The molecule has 2 heterocycles. The standard InChI is InChI=1S/C17H20N2OS/c1-10-14-7-5-6-8-16(14)21-17(10)12(3)18-9-15-11(2)19-20-13(15)4/h5-8,12,18H,9H2,1-4H3. The number of nitrogens with one attached hydrogen (secondary N) is 1. The zero-order chi connectivity index (χ0) is 15.0. The summed E-state index contributed by atoms with van der Waals surface area (Å²) in [5, 5.41) is 8.97. The number of thiophene rings is 1. The number of rotatable bonds is 4. The van der Waals surface area contributed by atoms with Crippen LogP contribution >= 0.6 is 11.3 Å². The molecule has 3 aromatic rings. The predicted octanol–water partition coefficient (Wildman–Crippen LogP) is 4.67. The average molecular weight is 300 g/mol. The van der Waals surface area contributed by atoms with E-state index in [1.54, 1.807) is 0 Å². The van der Waals surface area contributed by atoms with Gasteiger partial charge in [0.05, 0.1) is 5.69 Å². The maximum absolute atomic E-state index is 5.22. The van der Waals surface area contributed by atoms with Gasteiger partial charge in [0.15, 0.2) is 0 Å². The fraction of sp³-hybridized carbons (Fsp3) is 0.353. The minimum absolute atomic E-state index is 0.316. The van der Waals surface area contributed by atoms with E-state index in [1.165, 1.54) is 26.1 Å². The molecule has 2 aromatic heterocycles. The molecule has 0 bridgehead atoms. The first kappa shape index (κ1) is 14.3. The van der Waals surface area contributed by atoms with Crippen LogP contribution in [0.2, 0.25) is 0 Å². The van der Waals surface area contributed by atoms with E-state index in [0.29, 0.717) is 6.04 Å². The molecule has 0 amide bonds. The number of fused-ring (bicyclic) bond motifs is 1. The Morgan fingerprint density at radius 2 is 2.00 bits per heavy atom. The van der Waals surface area contributed by atoms with Crippen LogP contribution < -0.4 is 5.32 Å². The highest BCUT2D eigenvalue weighted by Crippen LogP contribution is 2.34. The second-order valence-electron chi connectivity index (χ2n) is 5.49. The molecular formula is C17H20N2OS. The lowest BCUT2D eigenvalue weighted by atomic mass is 10.1. The lowest BCUT2D eigenvalue weighted by molar-refractivity contribution is 0.391. The number of hydrogen-bond acceptors (Lipinski definition) is 4. The highest BCUT2D eigenvalue weighted by molar-refractivity contribution is 7.19. The molecule has 0 aliphatic rings. The Kier molecular flexibility index (Phi) is 3.83. The topological polar surface area (TPSA) is 38.1 Å². The van der Waals surface area contributed by atoms with Crippen molar-refractivity contribution in [2.75, 3.05) is 0 Å². The summed E-state index contributed by atoms with van der Waals surface area (Å²) in [5.74, 6) is 0.903. The Morgan fingerprint density at radius 3 is 2.67 bits per heavy atom. The van der Waals surface area contributed by atoms with Gasteiger partial charge in [-0.2, -0.15) is 0 Å². The van der Waals surface area contributed by atoms with Gasteiger partial charge < -0.3 is 9.84 Å². The Labute approximate surface area is 129 Å². The molecule has 21 heavy (non-hydrogen) atoms. The Balaban J connectivity index is 1.81. The second-order valence-corrected chi connectivity index (χ2v) is 6.58. The van der Waals surface area contributed by atoms with E-state index in [-0.39, 0.29) is 0 Å². The van der Waals surface area contributed by atoms with Crippen LogP contribution in [0, 0.1) is 20.8 Å². The van der Waals surface area contributed by atoms with Crippen molar-refractivity contribution in [2.45, 2.75) is 40.3 Å². The Hall–Kier alpha value is -1.65. The third-order valence-electron chi connectivity index (χ3n) is 4.04. The van der Waals surface area contributed by atoms with Crippen molar-refractivity contribution in [1.29, 1.82) is 0 Å². The molecule has 3 nitrogen and oxygen atoms in total. The van der Waals surface area contributed by atoms with Gasteiger partial charge in [0.1, 0.15) is 5.76 Å². The van der Waals surface area contributed by atoms with Gasteiger partial charge in [-0.1, -0.05) is 23.4 Å². The zero-order valence-electron chi connectivity index (χ0n) is 12.9. The van der Waals surface area contributed by atoms with Crippen molar-refractivity contribution in [3.8, 4) is 0 Å². The zero-order valence-corrected chi connectivity index (χ0v) is 13.7. The monoisotopic (exact) mass is 300 g/mol. The maximum Gasteiger partial charge on any atom is 0.138 e. The van der Waals surface area contributed by atoms with E-state index < -0.39 is 0 Å². The molecule has 0 aliphatic carbocycles. The summed E-state index contributed by atoms with van der Waals surface area (Å²) in [4.78, 5) is 1.41. The summed E-state index contributed by atoms with van der Waals surface area (Å²) in [5.41, 5.74) is 3.52. The average Bonchev–Trinajstić information content (AvgIpc) is 2.98. The van der Waals surface area contributed by atoms with Crippen LogP contribution in [0.3, 0.4) is 0 Å². The third kappa shape index (κ3) is 2.61. The van der Waals surface area contributed by atoms with Gasteiger partial charge in [-0.05, 0) is 44.7 Å². The first-order chi connectivity index (χ1) is 10.1. The summed E-state index contributed by atoms with van der Waals surface area (Å²) in [6, 6.07) is 8.91. The highest BCUT2D eigenvalue weighted by atomic mass is 32.1.